The van der Waals surface area contributed by atoms with Gasteiger partial charge in [0, 0.05) is 54.9 Å². The van der Waals surface area contributed by atoms with Gasteiger partial charge in [0.25, 0.3) is 11.8 Å². The molecule has 0 spiro atoms. The molecule has 1 N–H and O–H groups in total. The van der Waals surface area contributed by atoms with Crippen molar-refractivity contribution in [2.24, 2.45) is 10.9 Å². The summed E-state index contributed by atoms with van der Waals surface area (Å²) >= 11 is 0. The molecule has 0 saturated carbocycles. The number of anilines is 1. The molecule has 2 heterocycles. The van der Waals surface area contributed by atoms with E-state index >= 15 is 0 Å². The van der Waals surface area contributed by atoms with Crippen LogP contribution >= 0.6 is 0 Å². The van der Waals surface area contributed by atoms with Crippen molar-refractivity contribution in [3.05, 3.63) is 40.5 Å². The Kier molecular flexibility index (Phi) is 7.38. The Morgan fingerprint density at radius 3 is 2.58 bits per heavy atom. The molecule has 3 rings (SSSR count). The van der Waals surface area contributed by atoms with Gasteiger partial charge in [-0.25, -0.2) is 4.99 Å². The van der Waals surface area contributed by atoms with E-state index in [2.05, 4.69) is 22.1 Å². The maximum Gasteiger partial charge on any atom is 0.254 e. The number of aliphatic imine (C=N–C) groups is 1. The number of aldehydes is 1. The van der Waals surface area contributed by atoms with E-state index in [9.17, 15) is 14.4 Å². The molecule has 7 nitrogen and oxygen atoms in total. The Bertz CT molecular complexity index is 929. The largest absolute Gasteiger partial charge is 0.381 e. The van der Waals surface area contributed by atoms with Crippen LogP contribution in [0.3, 0.4) is 0 Å². The quantitative estimate of drug-likeness (QED) is 0.678. The first kappa shape index (κ1) is 22.9. The highest BCUT2D eigenvalue weighted by molar-refractivity contribution is 6.06. The van der Waals surface area contributed by atoms with Gasteiger partial charge < -0.3 is 15.0 Å². The zero-order valence-corrected chi connectivity index (χ0v) is 18.7. The number of dihydropyridines is 1. The third kappa shape index (κ3) is 5.10. The second kappa shape index (κ2) is 10.0. The average molecular weight is 426 g/mol. The lowest BCUT2D eigenvalue weighted by Crippen LogP contribution is -2.40. The van der Waals surface area contributed by atoms with Crippen LogP contribution in [0.4, 0.5) is 5.69 Å². The van der Waals surface area contributed by atoms with Crippen molar-refractivity contribution in [3.8, 4) is 0 Å². The van der Waals surface area contributed by atoms with Crippen LogP contribution in [0, 0.1) is 12.8 Å². The summed E-state index contributed by atoms with van der Waals surface area (Å²) < 4.78 is 5.49. The van der Waals surface area contributed by atoms with Crippen molar-refractivity contribution >= 4 is 29.5 Å². The fourth-order valence-electron chi connectivity index (χ4n) is 4.39. The molecule has 1 unspecified atom stereocenters. The van der Waals surface area contributed by atoms with Crippen LogP contribution < -0.4 is 10.2 Å². The zero-order chi connectivity index (χ0) is 22.5. The highest BCUT2D eigenvalue weighted by Crippen LogP contribution is 2.29. The van der Waals surface area contributed by atoms with Crippen LogP contribution in [0.25, 0.3) is 0 Å². The van der Waals surface area contributed by atoms with Crippen molar-refractivity contribution in [1.82, 2.24) is 5.32 Å². The number of hydrogen-bond acceptors (Lipinski definition) is 5. The number of ether oxygens (including phenoxy) is 1. The van der Waals surface area contributed by atoms with E-state index in [0.29, 0.717) is 36.1 Å². The molecule has 1 atom stereocenters. The molecule has 1 fully saturated rings. The molecule has 1 aromatic carbocycles. The minimum Gasteiger partial charge on any atom is -0.381 e. The van der Waals surface area contributed by atoms with Gasteiger partial charge in [0.15, 0.2) is 0 Å². The predicted molar refractivity (Wildman–Crippen MR) is 121 cm³/mol. The fraction of sp³-hybridized carbons (Fsp3) is 0.500. The molecule has 31 heavy (non-hydrogen) atoms. The summed E-state index contributed by atoms with van der Waals surface area (Å²) in [5.41, 5.74) is 4.20. The van der Waals surface area contributed by atoms with Gasteiger partial charge in [0.1, 0.15) is 6.29 Å². The minimum absolute atomic E-state index is 0.175. The number of carbonyl (C=O) groups is 3. The van der Waals surface area contributed by atoms with Crippen molar-refractivity contribution in [1.29, 1.82) is 0 Å². The van der Waals surface area contributed by atoms with Crippen LogP contribution in [0.2, 0.25) is 0 Å². The number of amides is 2. The molecule has 7 heteroatoms. The highest BCUT2D eigenvalue weighted by Gasteiger charge is 2.27. The normalized spacial score (nSPS) is 19.5. The number of nitrogens with zero attached hydrogens (tertiary/aromatic N) is 2. The predicted octanol–water partition coefficient (Wildman–Crippen LogP) is 3.11. The molecule has 0 aliphatic carbocycles. The van der Waals surface area contributed by atoms with Gasteiger partial charge in [-0.3, -0.25) is 14.4 Å². The maximum atomic E-state index is 13.1. The summed E-state index contributed by atoms with van der Waals surface area (Å²) in [4.78, 5) is 43.2. The summed E-state index contributed by atoms with van der Waals surface area (Å²) in [5, 5.41) is 2.88. The summed E-state index contributed by atoms with van der Waals surface area (Å²) in [6.07, 6.45) is 4.46. The SMILES string of the molecule is CCN(c1cc(C=O)cc(C(=O)NCC2C(=O)N=C(C)C=C2C)c1C)C1CCOCC1. The first-order valence-electron chi connectivity index (χ1n) is 10.9. The summed E-state index contributed by atoms with van der Waals surface area (Å²) in [6, 6.07) is 3.78. The monoisotopic (exact) mass is 425 g/mol. The van der Waals surface area contributed by atoms with Crippen LogP contribution in [-0.4, -0.2) is 56.2 Å². The van der Waals surface area contributed by atoms with E-state index in [-0.39, 0.29) is 18.4 Å². The Hall–Kier alpha value is -2.80. The van der Waals surface area contributed by atoms with E-state index in [1.807, 2.05) is 26.0 Å². The number of rotatable bonds is 7. The van der Waals surface area contributed by atoms with E-state index in [1.54, 1.807) is 13.0 Å². The number of hydrogen-bond donors (Lipinski definition) is 1. The zero-order valence-electron chi connectivity index (χ0n) is 18.7. The molecule has 0 bridgehead atoms. The Balaban J connectivity index is 1.84. The van der Waals surface area contributed by atoms with Crippen molar-refractivity contribution in [2.75, 3.05) is 31.2 Å². The summed E-state index contributed by atoms with van der Waals surface area (Å²) in [5.74, 6) is -0.998. The number of nitrogens with one attached hydrogen (secondary N) is 1. The average Bonchev–Trinajstić information content (AvgIpc) is 2.75. The van der Waals surface area contributed by atoms with E-state index in [0.717, 1.165) is 42.5 Å². The maximum absolute atomic E-state index is 13.1. The molecule has 2 aliphatic heterocycles. The molecule has 166 valence electrons. The fourth-order valence-corrected chi connectivity index (χ4v) is 4.39. The molecule has 2 amide bonds. The molecular weight excluding hydrogens is 394 g/mol. The van der Waals surface area contributed by atoms with Gasteiger partial charge in [0.05, 0.1) is 5.92 Å². The van der Waals surface area contributed by atoms with Gasteiger partial charge in [-0.05, 0) is 64.3 Å². The molecule has 0 aromatic heterocycles. The van der Waals surface area contributed by atoms with Gasteiger partial charge in [-0.2, -0.15) is 0 Å². The summed E-state index contributed by atoms with van der Waals surface area (Å²) in [7, 11) is 0. The number of benzene rings is 1. The Labute approximate surface area is 183 Å². The standard InChI is InChI=1S/C24H31N3O4/c1-5-27(19-6-8-31-9-7-19)22-12-18(14-28)11-20(17(22)4)23(29)25-13-21-15(2)10-16(3)26-24(21)30/h10-12,14,19,21H,5-9,13H2,1-4H3,(H,25,29). The number of carbonyl (C=O) groups excluding carboxylic acids is 3. The molecule has 1 aromatic rings. The van der Waals surface area contributed by atoms with Crippen LogP contribution in [0.1, 0.15) is 59.9 Å². The first-order valence-corrected chi connectivity index (χ1v) is 10.9. The molecule has 1 saturated heterocycles. The van der Waals surface area contributed by atoms with Gasteiger partial charge in [-0.15, -0.1) is 0 Å². The van der Waals surface area contributed by atoms with Crippen LogP contribution in [0.5, 0.6) is 0 Å². The lowest BCUT2D eigenvalue weighted by atomic mass is 9.95. The van der Waals surface area contributed by atoms with Crippen molar-refractivity contribution in [2.45, 2.75) is 46.6 Å². The van der Waals surface area contributed by atoms with Crippen LogP contribution in [-0.2, 0) is 9.53 Å². The highest BCUT2D eigenvalue weighted by atomic mass is 16.5. The summed E-state index contributed by atoms with van der Waals surface area (Å²) in [6.45, 7) is 10.0. The van der Waals surface area contributed by atoms with E-state index in [1.165, 1.54) is 0 Å². The molecular formula is C24H31N3O4. The molecule has 0 radical (unpaired) electrons. The van der Waals surface area contributed by atoms with Gasteiger partial charge in [-0.1, -0.05) is 5.57 Å². The van der Waals surface area contributed by atoms with E-state index < -0.39 is 5.92 Å². The van der Waals surface area contributed by atoms with Gasteiger partial charge >= 0.3 is 0 Å². The third-order valence-corrected chi connectivity index (χ3v) is 6.10. The second-order valence-electron chi connectivity index (χ2n) is 8.20. The van der Waals surface area contributed by atoms with Crippen molar-refractivity contribution in [3.63, 3.8) is 0 Å². The number of allylic oxidation sites excluding steroid dienone is 1. The minimum atomic E-state index is -0.462. The lowest BCUT2D eigenvalue weighted by molar-refractivity contribution is -0.120. The Morgan fingerprint density at radius 2 is 1.97 bits per heavy atom. The smallest absolute Gasteiger partial charge is 0.254 e. The molecule has 2 aliphatic rings. The second-order valence-corrected chi connectivity index (χ2v) is 8.20. The third-order valence-electron chi connectivity index (χ3n) is 6.10. The van der Waals surface area contributed by atoms with Gasteiger partial charge in [0.2, 0.25) is 0 Å². The van der Waals surface area contributed by atoms with Crippen LogP contribution in [0.15, 0.2) is 28.8 Å². The topological polar surface area (TPSA) is 88.1 Å². The Morgan fingerprint density at radius 1 is 1.26 bits per heavy atom. The van der Waals surface area contributed by atoms with Crippen molar-refractivity contribution < 1.29 is 19.1 Å². The van der Waals surface area contributed by atoms with E-state index in [4.69, 9.17) is 4.74 Å². The first-order chi connectivity index (χ1) is 14.8. The lowest BCUT2D eigenvalue weighted by Gasteiger charge is -2.36.